The monoisotopic (exact) mass is 505 g/mol. The maximum atomic E-state index is 13.0. The SMILES string of the molecule is CCCSSCc1c(C)c(OC)cc[n+]1-c1nc2cc3c(cc2[nH]1)C(C)(C)C(=O)C3(C)C.[Cl-]. The molecule has 0 saturated heterocycles. The highest BCUT2D eigenvalue weighted by atomic mass is 35.5. The molecule has 1 aliphatic carbocycles. The topological polar surface area (TPSA) is 58.9 Å². The molecule has 0 atom stereocenters. The van der Waals surface area contributed by atoms with Crippen LogP contribution in [0.4, 0.5) is 0 Å². The van der Waals surface area contributed by atoms with E-state index in [2.05, 4.69) is 35.5 Å². The molecule has 8 heteroatoms. The van der Waals surface area contributed by atoms with E-state index in [0.29, 0.717) is 0 Å². The molecule has 2 aromatic heterocycles. The minimum absolute atomic E-state index is 0. The fourth-order valence-electron chi connectivity index (χ4n) is 4.73. The summed E-state index contributed by atoms with van der Waals surface area (Å²) in [6.07, 6.45) is 3.19. The molecule has 0 amide bonds. The predicted octanol–water partition coefficient (Wildman–Crippen LogP) is 2.59. The predicted molar refractivity (Wildman–Crippen MR) is 134 cm³/mol. The largest absolute Gasteiger partial charge is 1.00 e. The number of nitrogens with zero attached hydrogens (tertiary/aromatic N) is 2. The highest BCUT2D eigenvalue weighted by Gasteiger charge is 2.50. The van der Waals surface area contributed by atoms with Crippen LogP contribution in [0.3, 0.4) is 0 Å². The first-order valence-electron chi connectivity index (χ1n) is 11.1. The molecule has 1 N–H and O–H groups in total. The maximum absolute atomic E-state index is 13.0. The lowest BCUT2D eigenvalue weighted by atomic mass is 9.80. The molecule has 4 rings (SSSR count). The number of hydrogen-bond donors (Lipinski definition) is 1. The average molecular weight is 506 g/mol. The van der Waals surface area contributed by atoms with E-state index in [1.165, 1.54) is 5.69 Å². The van der Waals surface area contributed by atoms with Crippen LogP contribution in [0.25, 0.3) is 17.0 Å². The second-order valence-corrected chi connectivity index (χ2v) is 12.0. The third-order valence-corrected chi connectivity index (χ3v) is 9.06. The van der Waals surface area contributed by atoms with E-state index < -0.39 is 10.8 Å². The van der Waals surface area contributed by atoms with Gasteiger partial charge in [-0.2, -0.15) is 0 Å². The molecule has 33 heavy (non-hydrogen) atoms. The van der Waals surface area contributed by atoms with E-state index in [9.17, 15) is 4.79 Å². The van der Waals surface area contributed by atoms with Gasteiger partial charge in [0.05, 0.1) is 19.1 Å². The van der Waals surface area contributed by atoms with Gasteiger partial charge in [-0.25, -0.2) is 9.55 Å². The molecule has 0 fully saturated rings. The van der Waals surface area contributed by atoms with Crippen molar-refractivity contribution in [3.8, 4) is 11.7 Å². The van der Waals surface area contributed by atoms with Gasteiger partial charge >= 0.3 is 5.95 Å². The number of benzene rings is 1. The van der Waals surface area contributed by atoms with E-state index in [1.807, 2.05) is 61.5 Å². The van der Waals surface area contributed by atoms with E-state index >= 15 is 0 Å². The second-order valence-electron chi connectivity index (χ2n) is 9.46. The number of ether oxygens (including phenoxy) is 1. The Kier molecular flexibility index (Phi) is 7.47. The van der Waals surface area contributed by atoms with Crippen LogP contribution < -0.4 is 21.7 Å². The number of aromatic nitrogens is 3. The van der Waals surface area contributed by atoms with Gasteiger partial charge in [0.25, 0.3) is 0 Å². The lowest BCUT2D eigenvalue weighted by molar-refractivity contribution is -0.610. The quantitative estimate of drug-likeness (QED) is 0.304. The van der Waals surface area contributed by atoms with Crippen molar-refractivity contribution in [3.05, 3.63) is 46.8 Å². The molecule has 178 valence electrons. The van der Waals surface area contributed by atoms with Gasteiger partial charge < -0.3 is 17.1 Å². The standard InChI is InChI=1S/C25H32N3O2S2.ClH/c1-8-11-31-32-14-20-15(2)21(30-7)9-10-28(20)23-26-18-12-16-17(13-19(18)27-23)25(5,6)22(29)24(16,3)4;/h9-10,12-13H,8,11,14H2,1-7H3,(H,26,27);1H/q+1;/p-1. The van der Waals surface area contributed by atoms with Gasteiger partial charge in [0, 0.05) is 28.2 Å². The fraction of sp³-hybridized carbons (Fsp3) is 0.480. The Morgan fingerprint density at radius 2 is 1.79 bits per heavy atom. The molecule has 0 radical (unpaired) electrons. The molecular formula is C25H32ClN3O2S2. The Hall–Kier alpha value is -1.70. The van der Waals surface area contributed by atoms with Crippen molar-refractivity contribution in [2.75, 3.05) is 12.9 Å². The van der Waals surface area contributed by atoms with Crippen LogP contribution in [-0.2, 0) is 21.4 Å². The third-order valence-electron chi connectivity index (χ3n) is 6.57. The first-order valence-corrected chi connectivity index (χ1v) is 13.5. The minimum atomic E-state index is -0.506. The summed E-state index contributed by atoms with van der Waals surface area (Å²) in [6.45, 7) is 12.4. The van der Waals surface area contributed by atoms with Crippen molar-refractivity contribution in [2.45, 2.75) is 64.5 Å². The summed E-state index contributed by atoms with van der Waals surface area (Å²) in [5.41, 5.74) is 5.30. The number of halogens is 1. The Morgan fingerprint density at radius 3 is 2.42 bits per heavy atom. The number of fused-ring (bicyclic) bond motifs is 2. The number of imidazole rings is 1. The second kappa shape index (κ2) is 9.51. The summed E-state index contributed by atoms with van der Waals surface area (Å²) >= 11 is 0. The molecule has 0 spiro atoms. The number of nitrogens with one attached hydrogen (secondary N) is 1. The van der Waals surface area contributed by atoms with Crippen LogP contribution >= 0.6 is 21.6 Å². The molecule has 3 aromatic rings. The number of methoxy groups -OCH3 is 1. The van der Waals surface area contributed by atoms with Gasteiger partial charge in [-0.05, 0) is 64.3 Å². The van der Waals surface area contributed by atoms with Gasteiger partial charge in [-0.3, -0.25) is 4.79 Å². The van der Waals surface area contributed by atoms with Crippen LogP contribution in [0, 0.1) is 6.92 Å². The Labute approximate surface area is 210 Å². The summed E-state index contributed by atoms with van der Waals surface area (Å²) in [5.74, 6) is 3.92. The van der Waals surface area contributed by atoms with Crippen LogP contribution in [0.1, 0.15) is 63.4 Å². The van der Waals surface area contributed by atoms with Crippen molar-refractivity contribution in [3.63, 3.8) is 0 Å². The molecular weight excluding hydrogens is 474 g/mol. The Balaban J connectivity index is 0.00000306. The van der Waals surface area contributed by atoms with E-state index in [1.54, 1.807) is 7.11 Å². The first-order chi connectivity index (χ1) is 15.1. The number of carbonyl (C=O) groups excluding carboxylic acids is 1. The molecule has 5 nitrogen and oxygen atoms in total. The fourth-order valence-corrected chi connectivity index (χ4v) is 7.01. The average Bonchev–Trinajstić information content (AvgIpc) is 3.23. The maximum Gasteiger partial charge on any atom is 0.402 e. The van der Waals surface area contributed by atoms with E-state index in [0.717, 1.165) is 57.3 Å². The Bertz CT molecular complexity index is 1150. The number of carbonyl (C=O) groups is 1. The smallest absolute Gasteiger partial charge is 0.402 e. The summed E-state index contributed by atoms with van der Waals surface area (Å²) in [4.78, 5) is 21.5. The van der Waals surface area contributed by atoms with Crippen molar-refractivity contribution >= 4 is 38.4 Å². The lowest BCUT2D eigenvalue weighted by Gasteiger charge is -2.21. The summed E-state index contributed by atoms with van der Waals surface area (Å²) in [6, 6.07) is 6.21. The van der Waals surface area contributed by atoms with Crippen molar-refractivity contribution in [1.82, 2.24) is 9.97 Å². The normalized spacial score (nSPS) is 16.0. The lowest BCUT2D eigenvalue weighted by Crippen LogP contribution is -3.00. The number of hydrogen-bond acceptors (Lipinski definition) is 5. The first kappa shape index (κ1) is 25.9. The molecule has 2 heterocycles. The summed E-state index contributed by atoms with van der Waals surface area (Å²) in [5, 5.41) is 0. The zero-order valence-corrected chi connectivity index (χ0v) is 22.7. The summed E-state index contributed by atoms with van der Waals surface area (Å²) in [7, 11) is 5.46. The van der Waals surface area contributed by atoms with Gasteiger partial charge in [0.15, 0.2) is 11.3 Å². The van der Waals surface area contributed by atoms with Crippen LogP contribution in [0.15, 0.2) is 24.4 Å². The summed E-state index contributed by atoms with van der Waals surface area (Å²) < 4.78 is 7.71. The van der Waals surface area contributed by atoms with E-state index in [4.69, 9.17) is 9.72 Å². The van der Waals surface area contributed by atoms with Crippen LogP contribution in [-0.4, -0.2) is 28.6 Å². The molecule has 0 bridgehead atoms. The highest BCUT2D eigenvalue weighted by Crippen LogP contribution is 2.47. The number of ketones is 1. The number of H-pyrrole nitrogens is 1. The molecule has 0 aliphatic heterocycles. The molecule has 0 saturated carbocycles. The van der Waals surface area contributed by atoms with Crippen molar-refractivity contribution in [1.29, 1.82) is 0 Å². The van der Waals surface area contributed by atoms with Gasteiger partial charge in [0.2, 0.25) is 0 Å². The molecule has 0 unspecified atom stereocenters. The molecule has 1 aromatic carbocycles. The zero-order valence-electron chi connectivity index (χ0n) is 20.3. The zero-order chi connectivity index (χ0) is 23.3. The third kappa shape index (κ3) is 4.28. The van der Waals surface area contributed by atoms with Gasteiger partial charge in [0.1, 0.15) is 17.0 Å². The number of pyridine rings is 1. The van der Waals surface area contributed by atoms with Crippen LogP contribution in [0.5, 0.6) is 5.75 Å². The highest BCUT2D eigenvalue weighted by molar-refractivity contribution is 8.76. The van der Waals surface area contributed by atoms with Gasteiger partial charge in [-0.15, -0.1) is 0 Å². The Morgan fingerprint density at radius 1 is 1.12 bits per heavy atom. The number of aromatic amines is 1. The van der Waals surface area contributed by atoms with Crippen molar-refractivity contribution in [2.24, 2.45) is 0 Å². The van der Waals surface area contributed by atoms with E-state index in [-0.39, 0.29) is 18.2 Å². The number of rotatable bonds is 7. The van der Waals surface area contributed by atoms with Gasteiger partial charge in [-0.1, -0.05) is 33.5 Å². The minimum Gasteiger partial charge on any atom is -1.00 e. The number of Topliss-reactive ketones (excluding diaryl/α,β-unsaturated/α-hetero) is 1. The molecule has 1 aliphatic rings. The van der Waals surface area contributed by atoms with Crippen molar-refractivity contribution < 1.29 is 26.5 Å². The van der Waals surface area contributed by atoms with Crippen LogP contribution in [0.2, 0.25) is 0 Å².